The van der Waals surface area contributed by atoms with E-state index in [1.165, 1.54) is 5.56 Å². The van der Waals surface area contributed by atoms with Crippen LogP contribution < -0.4 is 10.9 Å². The molecule has 1 fully saturated rings. The van der Waals surface area contributed by atoms with Gasteiger partial charge in [-0.3, -0.25) is 9.59 Å². The van der Waals surface area contributed by atoms with Crippen LogP contribution in [0.3, 0.4) is 0 Å². The lowest BCUT2D eigenvalue weighted by Gasteiger charge is -2.13. The number of carbonyl (C=O) groups excluding carboxylic acids is 1. The third-order valence-corrected chi connectivity index (χ3v) is 5.53. The molecule has 1 atom stereocenters. The van der Waals surface area contributed by atoms with Gasteiger partial charge in [0.25, 0.3) is 5.56 Å². The third-order valence-electron chi connectivity index (χ3n) is 5.53. The minimum absolute atomic E-state index is 0.0734. The molecular weight excluding hydrogens is 378 g/mol. The molecule has 0 unspecified atom stereocenters. The van der Waals surface area contributed by atoms with Gasteiger partial charge in [0, 0.05) is 32.5 Å². The van der Waals surface area contributed by atoms with Gasteiger partial charge in [-0.2, -0.15) is 0 Å². The maximum Gasteiger partial charge on any atom is 0.272 e. The van der Waals surface area contributed by atoms with Crippen LogP contribution in [0, 0.1) is 0 Å². The third kappa shape index (κ3) is 4.94. The Morgan fingerprint density at radius 3 is 2.70 bits per heavy atom. The zero-order chi connectivity index (χ0) is 20.8. The Bertz CT molecular complexity index is 1060. The lowest BCUT2D eigenvalue weighted by molar-refractivity contribution is -0.121. The molecular formula is C24H27N3O3. The van der Waals surface area contributed by atoms with Crippen molar-refractivity contribution in [3.63, 3.8) is 0 Å². The van der Waals surface area contributed by atoms with E-state index in [2.05, 4.69) is 22.4 Å². The topological polar surface area (TPSA) is 73.2 Å². The zero-order valence-electron chi connectivity index (χ0n) is 17.0. The highest BCUT2D eigenvalue weighted by molar-refractivity contribution is 5.77. The largest absolute Gasteiger partial charge is 0.376 e. The number of para-hydroxylation sites is 2. The molecule has 3 aromatic rings. The normalized spacial score (nSPS) is 16.1. The molecule has 1 amide bonds. The zero-order valence-corrected chi connectivity index (χ0v) is 17.0. The van der Waals surface area contributed by atoms with E-state index in [0.717, 1.165) is 36.9 Å². The van der Waals surface area contributed by atoms with Gasteiger partial charge in [-0.15, -0.1) is 0 Å². The molecule has 6 nitrogen and oxygen atoms in total. The van der Waals surface area contributed by atoms with Gasteiger partial charge in [0.05, 0.1) is 17.1 Å². The van der Waals surface area contributed by atoms with Crippen molar-refractivity contribution >= 4 is 16.9 Å². The van der Waals surface area contributed by atoms with Crippen molar-refractivity contribution in [2.75, 3.05) is 13.2 Å². The van der Waals surface area contributed by atoms with Gasteiger partial charge in [-0.1, -0.05) is 42.5 Å². The van der Waals surface area contributed by atoms with Crippen LogP contribution in [0.15, 0.2) is 59.4 Å². The van der Waals surface area contributed by atoms with Crippen molar-refractivity contribution in [3.05, 3.63) is 76.2 Å². The maximum atomic E-state index is 13.1. The Balaban J connectivity index is 1.48. The Kier molecular flexibility index (Phi) is 6.54. The summed E-state index contributed by atoms with van der Waals surface area (Å²) >= 11 is 0. The molecule has 1 aromatic heterocycles. The molecule has 2 aromatic carbocycles. The number of carbonyl (C=O) groups is 1. The van der Waals surface area contributed by atoms with Gasteiger partial charge in [0.1, 0.15) is 5.69 Å². The summed E-state index contributed by atoms with van der Waals surface area (Å²) in [5.41, 5.74) is 3.11. The molecule has 4 rings (SSSR count). The fraction of sp³-hybridized carbons (Fsp3) is 0.375. The average Bonchev–Trinajstić information content (AvgIpc) is 3.30. The minimum Gasteiger partial charge on any atom is -0.376 e. The Morgan fingerprint density at radius 1 is 1.10 bits per heavy atom. The van der Waals surface area contributed by atoms with Crippen molar-refractivity contribution in [3.8, 4) is 0 Å². The quantitative estimate of drug-likeness (QED) is 0.625. The molecule has 156 valence electrons. The van der Waals surface area contributed by atoms with Crippen molar-refractivity contribution in [1.29, 1.82) is 0 Å². The number of fused-ring (bicyclic) bond motifs is 1. The van der Waals surface area contributed by atoms with E-state index >= 15 is 0 Å². The average molecular weight is 405 g/mol. The molecule has 1 N–H and O–H groups in total. The van der Waals surface area contributed by atoms with E-state index in [9.17, 15) is 9.59 Å². The van der Waals surface area contributed by atoms with E-state index in [1.807, 2.05) is 42.5 Å². The summed E-state index contributed by atoms with van der Waals surface area (Å²) in [6.45, 7) is 1.87. The lowest BCUT2D eigenvalue weighted by Crippen LogP contribution is -2.33. The molecule has 30 heavy (non-hydrogen) atoms. The van der Waals surface area contributed by atoms with Gasteiger partial charge in [-0.05, 0) is 37.0 Å². The monoisotopic (exact) mass is 405 g/mol. The van der Waals surface area contributed by atoms with Crippen LogP contribution in [0.2, 0.25) is 0 Å². The van der Waals surface area contributed by atoms with Crippen LogP contribution in [0.5, 0.6) is 0 Å². The predicted octanol–water partition coefficient (Wildman–Crippen LogP) is 2.87. The van der Waals surface area contributed by atoms with Gasteiger partial charge in [0.2, 0.25) is 5.91 Å². The van der Waals surface area contributed by atoms with Crippen LogP contribution >= 0.6 is 0 Å². The van der Waals surface area contributed by atoms with E-state index in [0.29, 0.717) is 25.2 Å². The molecule has 1 saturated heterocycles. The standard InChI is InChI=1S/C24H27N3O3/c28-23(25-17-19-9-6-16-30-19)13-12-21-24(29)27(15-14-18-7-2-1-3-8-18)22-11-5-4-10-20(22)26-21/h1-5,7-8,10-11,19H,6,9,12-17H2,(H,25,28)/t19-/m0/s1. The number of ether oxygens (including phenoxy) is 1. The number of nitrogens with zero attached hydrogens (tertiary/aromatic N) is 2. The maximum absolute atomic E-state index is 13.1. The van der Waals surface area contributed by atoms with Crippen LogP contribution in [-0.4, -0.2) is 34.7 Å². The Labute approximate surface area is 175 Å². The summed E-state index contributed by atoms with van der Waals surface area (Å²) < 4.78 is 7.32. The van der Waals surface area contributed by atoms with Crippen molar-refractivity contribution < 1.29 is 9.53 Å². The second-order valence-electron chi connectivity index (χ2n) is 7.68. The molecule has 6 heteroatoms. The number of amides is 1. The first-order valence-corrected chi connectivity index (χ1v) is 10.6. The predicted molar refractivity (Wildman–Crippen MR) is 116 cm³/mol. The van der Waals surface area contributed by atoms with Crippen molar-refractivity contribution in [2.45, 2.75) is 44.8 Å². The minimum atomic E-state index is -0.114. The van der Waals surface area contributed by atoms with Gasteiger partial charge in [-0.25, -0.2) is 4.98 Å². The number of hydrogen-bond donors (Lipinski definition) is 1. The first kappa shape index (κ1) is 20.3. The SMILES string of the molecule is O=C(CCc1nc2ccccc2n(CCc2ccccc2)c1=O)NC[C@@H]1CCCO1. The molecule has 0 bridgehead atoms. The molecule has 0 spiro atoms. The molecule has 0 saturated carbocycles. The molecule has 0 aliphatic carbocycles. The first-order chi connectivity index (χ1) is 14.7. The highest BCUT2D eigenvalue weighted by Gasteiger charge is 2.17. The highest BCUT2D eigenvalue weighted by Crippen LogP contribution is 2.13. The second-order valence-corrected chi connectivity index (χ2v) is 7.68. The molecule has 2 heterocycles. The van der Waals surface area contributed by atoms with Crippen LogP contribution in [-0.2, 0) is 28.9 Å². The number of benzene rings is 2. The fourth-order valence-electron chi connectivity index (χ4n) is 3.87. The number of aryl methyl sites for hydroxylation is 3. The summed E-state index contributed by atoms with van der Waals surface area (Å²) in [5.74, 6) is -0.0734. The first-order valence-electron chi connectivity index (χ1n) is 10.6. The van der Waals surface area contributed by atoms with Gasteiger partial charge < -0.3 is 14.6 Å². The molecule has 1 aliphatic rings. The Morgan fingerprint density at radius 2 is 1.90 bits per heavy atom. The second kappa shape index (κ2) is 9.67. The fourth-order valence-corrected chi connectivity index (χ4v) is 3.87. The summed E-state index contributed by atoms with van der Waals surface area (Å²) in [5, 5.41) is 2.91. The van der Waals surface area contributed by atoms with E-state index < -0.39 is 0 Å². The number of nitrogens with one attached hydrogen (secondary N) is 1. The van der Waals surface area contributed by atoms with Crippen molar-refractivity contribution in [1.82, 2.24) is 14.9 Å². The summed E-state index contributed by atoms with van der Waals surface area (Å²) in [4.78, 5) is 29.9. The number of aromatic nitrogens is 2. The van der Waals surface area contributed by atoms with Crippen LogP contribution in [0.25, 0.3) is 11.0 Å². The lowest BCUT2D eigenvalue weighted by atomic mass is 10.1. The summed E-state index contributed by atoms with van der Waals surface area (Å²) in [6, 6.07) is 17.8. The number of hydrogen-bond acceptors (Lipinski definition) is 4. The smallest absolute Gasteiger partial charge is 0.272 e. The van der Waals surface area contributed by atoms with Gasteiger partial charge in [0.15, 0.2) is 0 Å². The van der Waals surface area contributed by atoms with E-state index in [-0.39, 0.29) is 24.0 Å². The highest BCUT2D eigenvalue weighted by atomic mass is 16.5. The van der Waals surface area contributed by atoms with Gasteiger partial charge >= 0.3 is 0 Å². The van der Waals surface area contributed by atoms with E-state index in [1.54, 1.807) is 4.57 Å². The Hall–Kier alpha value is -2.99. The summed E-state index contributed by atoms with van der Waals surface area (Å²) in [7, 11) is 0. The molecule has 0 radical (unpaired) electrons. The van der Waals surface area contributed by atoms with Crippen molar-refractivity contribution in [2.24, 2.45) is 0 Å². The molecule has 1 aliphatic heterocycles. The van der Waals surface area contributed by atoms with Crippen LogP contribution in [0.4, 0.5) is 0 Å². The van der Waals surface area contributed by atoms with E-state index in [4.69, 9.17) is 4.74 Å². The summed E-state index contributed by atoms with van der Waals surface area (Å²) in [6.07, 6.45) is 3.47. The number of rotatable bonds is 8. The van der Waals surface area contributed by atoms with Crippen LogP contribution in [0.1, 0.15) is 30.5 Å².